The summed E-state index contributed by atoms with van der Waals surface area (Å²) in [5.41, 5.74) is 8.03. The van der Waals surface area contributed by atoms with Crippen molar-refractivity contribution in [3.63, 3.8) is 0 Å². The van der Waals surface area contributed by atoms with Crippen LogP contribution in [0.5, 0.6) is 0 Å². The van der Waals surface area contributed by atoms with Crippen molar-refractivity contribution in [1.82, 2.24) is 4.72 Å². The van der Waals surface area contributed by atoms with Gasteiger partial charge in [0.1, 0.15) is 0 Å². The van der Waals surface area contributed by atoms with E-state index in [-0.39, 0.29) is 23.9 Å². The number of anilines is 1. The molecule has 0 bridgehead atoms. The Morgan fingerprint density at radius 3 is 2.52 bits per heavy atom. The lowest BCUT2D eigenvalue weighted by Crippen LogP contribution is -2.29. The smallest absolute Gasteiger partial charge is 0.240 e. The molecule has 25 heavy (non-hydrogen) atoms. The van der Waals surface area contributed by atoms with E-state index in [2.05, 4.69) is 10.0 Å². The van der Waals surface area contributed by atoms with Gasteiger partial charge in [-0.05, 0) is 37.1 Å². The summed E-state index contributed by atoms with van der Waals surface area (Å²) in [5, 5.41) is 2.74. The number of hydrogen-bond acceptors (Lipinski definition) is 4. The summed E-state index contributed by atoms with van der Waals surface area (Å²) in [6.45, 7) is 2.39. The molecule has 0 saturated heterocycles. The highest BCUT2D eigenvalue weighted by Crippen LogP contribution is 2.16. The molecule has 0 fully saturated rings. The Bertz CT molecular complexity index is 818. The molecule has 0 heterocycles. The van der Waals surface area contributed by atoms with E-state index in [9.17, 15) is 13.2 Å². The Morgan fingerprint density at radius 1 is 1.12 bits per heavy atom. The van der Waals surface area contributed by atoms with Crippen molar-refractivity contribution < 1.29 is 13.2 Å². The van der Waals surface area contributed by atoms with Gasteiger partial charge in [0.15, 0.2) is 0 Å². The molecular formula is C18H23N3O3S. The number of nitrogens with one attached hydrogen (secondary N) is 2. The van der Waals surface area contributed by atoms with Crippen LogP contribution in [0, 0.1) is 6.92 Å². The van der Waals surface area contributed by atoms with Gasteiger partial charge in [0.25, 0.3) is 0 Å². The minimum Gasteiger partial charge on any atom is -0.329 e. The van der Waals surface area contributed by atoms with Crippen LogP contribution in [-0.2, 0) is 21.2 Å². The molecule has 0 atom stereocenters. The fourth-order valence-corrected chi connectivity index (χ4v) is 3.35. The number of carbonyl (C=O) groups excluding carboxylic acids is 1. The third-order valence-corrected chi connectivity index (χ3v) is 5.08. The van der Waals surface area contributed by atoms with Crippen LogP contribution in [0.15, 0.2) is 53.4 Å². The van der Waals surface area contributed by atoms with Gasteiger partial charge in [0, 0.05) is 25.2 Å². The summed E-state index contributed by atoms with van der Waals surface area (Å²) in [6, 6.07) is 14.2. The molecule has 0 aliphatic carbocycles. The van der Waals surface area contributed by atoms with Crippen LogP contribution in [0.2, 0.25) is 0 Å². The van der Waals surface area contributed by atoms with E-state index in [1.807, 2.05) is 31.2 Å². The summed E-state index contributed by atoms with van der Waals surface area (Å²) in [7, 11) is -3.62. The number of sulfonamides is 1. The van der Waals surface area contributed by atoms with Crippen LogP contribution in [0.1, 0.15) is 17.5 Å². The van der Waals surface area contributed by atoms with Crippen LogP contribution in [-0.4, -0.2) is 27.4 Å². The molecule has 0 unspecified atom stereocenters. The molecule has 0 aromatic heterocycles. The van der Waals surface area contributed by atoms with Crippen LogP contribution in [0.4, 0.5) is 5.69 Å². The first-order valence-corrected chi connectivity index (χ1v) is 9.54. The van der Waals surface area contributed by atoms with E-state index in [1.54, 1.807) is 12.1 Å². The van der Waals surface area contributed by atoms with Crippen molar-refractivity contribution in [3.8, 4) is 0 Å². The number of rotatable bonds is 8. The number of amides is 1. The lowest BCUT2D eigenvalue weighted by atomic mass is 10.1. The Balaban J connectivity index is 1.96. The predicted molar refractivity (Wildman–Crippen MR) is 98.8 cm³/mol. The van der Waals surface area contributed by atoms with E-state index in [1.165, 1.54) is 17.7 Å². The minimum absolute atomic E-state index is 0.0947. The maximum absolute atomic E-state index is 12.1. The van der Waals surface area contributed by atoms with E-state index >= 15 is 0 Å². The largest absolute Gasteiger partial charge is 0.329 e. The number of benzene rings is 2. The van der Waals surface area contributed by atoms with Crippen molar-refractivity contribution in [3.05, 3.63) is 59.7 Å². The van der Waals surface area contributed by atoms with Crippen molar-refractivity contribution in [2.24, 2.45) is 5.73 Å². The van der Waals surface area contributed by atoms with Gasteiger partial charge in [0.2, 0.25) is 15.9 Å². The Labute approximate surface area is 148 Å². The molecule has 1 amide bonds. The van der Waals surface area contributed by atoms with Crippen LogP contribution in [0.3, 0.4) is 0 Å². The SMILES string of the molecule is Cc1ccc(CCC(=O)Nc2cccc(S(=O)(=O)NCCN)c2)cc1. The van der Waals surface area contributed by atoms with Crippen LogP contribution in [0.25, 0.3) is 0 Å². The summed E-state index contributed by atoms with van der Waals surface area (Å²) in [6.07, 6.45) is 0.952. The minimum atomic E-state index is -3.62. The number of carbonyl (C=O) groups is 1. The van der Waals surface area contributed by atoms with E-state index < -0.39 is 10.0 Å². The lowest BCUT2D eigenvalue weighted by Gasteiger charge is -2.09. The van der Waals surface area contributed by atoms with Gasteiger partial charge < -0.3 is 11.1 Å². The third-order valence-electron chi connectivity index (χ3n) is 3.63. The Kier molecular flexibility index (Phi) is 6.69. The van der Waals surface area contributed by atoms with Crippen LogP contribution >= 0.6 is 0 Å². The lowest BCUT2D eigenvalue weighted by molar-refractivity contribution is -0.116. The first-order valence-electron chi connectivity index (χ1n) is 8.06. The highest BCUT2D eigenvalue weighted by atomic mass is 32.2. The molecule has 0 saturated carbocycles. The first-order chi connectivity index (χ1) is 11.9. The molecular weight excluding hydrogens is 338 g/mol. The zero-order chi connectivity index (χ0) is 18.3. The molecule has 134 valence electrons. The molecule has 7 heteroatoms. The van der Waals surface area contributed by atoms with Gasteiger partial charge >= 0.3 is 0 Å². The van der Waals surface area contributed by atoms with Gasteiger partial charge in [-0.2, -0.15) is 0 Å². The highest BCUT2D eigenvalue weighted by Gasteiger charge is 2.14. The molecule has 2 aromatic carbocycles. The molecule has 0 radical (unpaired) electrons. The monoisotopic (exact) mass is 361 g/mol. The van der Waals surface area contributed by atoms with Crippen molar-refractivity contribution in [2.45, 2.75) is 24.7 Å². The van der Waals surface area contributed by atoms with Gasteiger partial charge in [-0.1, -0.05) is 35.9 Å². The fraction of sp³-hybridized carbons (Fsp3) is 0.278. The zero-order valence-corrected chi connectivity index (χ0v) is 15.0. The van der Waals surface area contributed by atoms with Crippen molar-refractivity contribution in [1.29, 1.82) is 0 Å². The van der Waals surface area contributed by atoms with Crippen molar-refractivity contribution >= 4 is 21.6 Å². The van der Waals surface area contributed by atoms with Gasteiger partial charge in [-0.15, -0.1) is 0 Å². The average Bonchev–Trinajstić information content (AvgIpc) is 2.60. The highest BCUT2D eigenvalue weighted by molar-refractivity contribution is 7.89. The van der Waals surface area contributed by atoms with Gasteiger partial charge in [0.05, 0.1) is 4.90 Å². The van der Waals surface area contributed by atoms with E-state index in [0.29, 0.717) is 18.5 Å². The van der Waals surface area contributed by atoms with Gasteiger partial charge in [-0.3, -0.25) is 4.79 Å². The number of aryl methyl sites for hydroxylation is 2. The quantitative estimate of drug-likeness (QED) is 0.667. The fourth-order valence-electron chi connectivity index (χ4n) is 2.25. The van der Waals surface area contributed by atoms with E-state index in [0.717, 1.165) is 5.56 Å². The predicted octanol–water partition coefficient (Wildman–Crippen LogP) is 1.80. The summed E-state index contributed by atoms with van der Waals surface area (Å²) in [5.74, 6) is -0.162. The molecule has 2 rings (SSSR count). The topological polar surface area (TPSA) is 101 Å². The maximum Gasteiger partial charge on any atom is 0.240 e. The Morgan fingerprint density at radius 2 is 1.84 bits per heavy atom. The summed E-state index contributed by atoms with van der Waals surface area (Å²) < 4.78 is 26.6. The molecule has 2 aromatic rings. The second-order valence-corrected chi connectivity index (χ2v) is 7.52. The molecule has 0 aliphatic rings. The normalized spacial score (nSPS) is 11.3. The molecule has 0 aliphatic heterocycles. The molecule has 6 nitrogen and oxygen atoms in total. The summed E-state index contributed by atoms with van der Waals surface area (Å²) >= 11 is 0. The Hall–Kier alpha value is -2.22. The maximum atomic E-state index is 12.1. The second kappa shape index (κ2) is 8.75. The van der Waals surface area contributed by atoms with Crippen molar-refractivity contribution in [2.75, 3.05) is 18.4 Å². The van der Waals surface area contributed by atoms with E-state index in [4.69, 9.17) is 5.73 Å². The average molecular weight is 361 g/mol. The third kappa shape index (κ3) is 5.97. The zero-order valence-electron chi connectivity index (χ0n) is 14.2. The van der Waals surface area contributed by atoms with Gasteiger partial charge in [-0.25, -0.2) is 13.1 Å². The molecule has 4 N–H and O–H groups in total. The van der Waals surface area contributed by atoms with Crippen LogP contribution < -0.4 is 15.8 Å². The first kappa shape index (κ1) is 19.1. The number of hydrogen-bond donors (Lipinski definition) is 3. The summed E-state index contributed by atoms with van der Waals surface area (Å²) in [4.78, 5) is 12.2. The number of nitrogens with two attached hydrogens (primary N) is 1. The standard InChI is InChI=1S/C18H23N3O3S/c1-14-5-7-15(8-6-14)9-10-18(22)21-16-3-2-4-17(13-16)25(23,24)20-12-11-19/h2-8,13,20H,9-12,19H2,1H3,(H,21,22). The second-order valence-electron chi connectivity index (χ2n) is 5.75. The molecule has 0 spiro atoms.